The fourth-order valence-electron chi connectivity index (χ4n) is 4.11. The maximum absolute atomic E-state index is 5.84. The molecule has 0 aliphatic carbocycles. The molecule has 34 heavy (non-hydrogen) atoms. The standard InChI is InChI=1S/C26H24N4O2S2/c1-4-31-20-12-10-18(11-13-20)23-22(25-28-24(29-32-25)21-9-6-14-34-21)17(3)30(26(33)27-23)19-8-5-7-16(2)15-19/h5-15,23H,4H2,1-3H3,(H,27,33). The van der Waals surface area contributed by atoms with Crippen LogP contribution in [0.2, 0.25) is 0 Å². The monoisotopic (exact) mass is 488 g/mol. The van der Waals surface area contributed by atoms with Crippen LogP contribution in [0, 0.1) is 6.92 Å². The third-order valence-electron chi connectivity index (χ3n) is 5.67. The second-order valence-corrected chi connectivity index (χ2v) is 9.29. The van der Waals surface area contributed by atoms with Crippen molar-refractivity contribution in [3.8, 4) is 16.5 Å². The smallest absolute Gasteiger partial charge is 0.258 e. The summed E-state index contributed by atoms with van der Waals surface area (Å²) >= 11 is 7.42. The highest BCUT2D eigenvalue weighted by Crippen LogP contribution is 2.39. The summed E-state index contributed by atoms with van der Waals surface area (Å²) in [5.41, 5.74) is 4.99. The zero-order valence-corrected chi connectivity index (χ0v) is 20.7. The number of thiocarbonyl (C=S) groups is 1. The van der Waals surface area contributed by atoms with Crippen molar-refractivity contribution in [2.75, 3.05) is 11.5 Å². The summed E-state index contributed by atoms with van der Waals surface area (Å²) in [5.74, 6) is 1.87. The first-order chi connectivity index (χ1) is 16.5. The van der Waals surface area contributed by atoms with Crippen molar-refractivity contribution in [2.45, 2.75) is 26.8 Å². The number of hydrogen-bond acceptors (Lipinski definition) is 6. The predicted molar refractivity (Wildman–Crippen MR) is 140 cm³/mol. The Bertz CT molecular complexity index is 1340. The number of thiophene rings is 1. The molecule has 1 N–H and O–H groups in total. The van der Waals surface area contributed by atoms with E-state index in [4.69, 9.17) is 26.5 Å². The summed E-state index contributed by atoms with van der Waals surface area (Å²) in [6, 6.07) is 20.0. The number of rotatable bonds is 6. The van der Waals surface area contributed by atoms with Gasteiger partial charge in [0.1, 0.15) is 5.75 Å². The average Bonchev–Trinajstić information content (AvgIpc) is 3.52. The summed E-state index contributed by atoms with van der Waals surface area (Å²) in [6.07, 6.45) is 0. The van der Waals surface area contributed by atoms with Crippen molar-refractivity contribution in [1.29, 1.82) is 0 Å². The fourth-order valence-corrected chi connectivity index (χ4v) is 5.12. The van der Waals surface area contributed by atoms with E-state index in [1.807, 2.05) is 72.7 Å². The van der Waals surface area contributed by atoms with E-state index < -0.39 is 0 Å². The van der Waals surface area contributed by atoms with E-state index in [0.29, 0.717) is 23.4 Å². The Labute approximate surface area is 207 Å². The SMILES string of the molecule is CCOc1ccc(C2NC(=S)N(c3cccc(C)c3)C(C)=C2c2nc(-c3cccs3)no2)cc1. The molecule has 0 saturated carbocycles. The number of benzene rings is 2. The molecule has 0 bridgehead atoms. The molecule has 0 amide bonds. The normalized spacial score (nSPS) is 16.0. The first-order valence-electron chi connectivity index (χ1n) is 11.0. The first-order valence-corrected chi connectivity index (χ1v) is 12.3. The van der Waals surface area contributed by atoms with Gasteiger partial charge in [0.25, 0.3) is 5.89 Å². The number of aromatic nitrogens is 2. The molecular formula is C26H24N4O2S2. The molecule has 5 rings (SSSR count). The lowest BCUT2D eigenvalue weighted by Gasteiger charge is -2.37. The fraction of sp³-hybridized carbons (Fsp3) is 0.192. The van der Waals surface area contributed by atoms with Gasteiger partial charge in [-0.3, -0.25) is 4.90 Å². The molecule has 1 unspecified atom stereocenters. The van der Waals surface area contributed by atoms with E-state index in [1.165, 1.54) is 0 Å². The van der Waals surface area contributed by atoms with Gasteiger partial charge in [0.2, 0.25) is 5.82 Å². The lowest BCUT2D eigenvalue weighted by atomic mass is 9.94. The summed E-state index contributed by atoms with van der Waals surface area (Å²) in [6.45, 7) is 6.70. The van der Waals surface area contributed by atoms with E-state index >= 15 is 0 Å². The molecule has 2 aromatic heterocycles. The molecule has 1 aliphatic rings. The number of aryl methyl sites for hydroxylation is 1. The van der Waals surface area contributed by atoms with Crippen LogP contribution >= 0.6 is 23.6 Å². The maximum Gasteiger partial charge on any atom is 0.258 e. The van der Waals surface area contributed by atoms with Crippen molar-refractivity contribution >= 4 is 39.9 Å². The van der Waals surface area contributed by atoms with Crippen LogP contribution in [-0.2, 0) is 0 Å². The molecule has 1 aliphatic heterocycles. The molecular weight excluding hydrogens is 464 g/mol. The zero-order chi connectivity index (χ0) is 23.7. The Morgan fingerprint density at radius 1 is 1.12 bits per heavy atom. The number of ether oxygens (including phenoxy) is 1. The molecule has 8 heteroatoms. The third kappa shape index (κ3) is 4.22. The van der Waals surface area contributed by atoms with Gasteiger partial charge in [0.15, 0.2) is 5.11 Å². The lowest BCUT2D eigenvalue weighted by Crippen LogP contribution is -2.46. The Balaban J connectivity index is 1.63. The highest BCUT2D eigenvalue weighted by atomic mass is 32.1. The minimum absolute atomic E-state index is 0.249. The lowest BCUT2D eigenvalue weighted by molar-refractivity contribution is 0.340. The van der Waals surface area contributed by atoms with Gasteiger partial charge >= 0.3 is 0 Å². The quantitative estimate of drug-likeness (QED) is 0.316. The van der Waals surface area contributed by atoms with Gasteiger partial charge in [-0.2, -0.15) is 4.98 Å². The predicted octanol–water partition coefficient (Wildman–Crippen LogP) is 6.37. The molecule has 0 spiro atoms. The van der Waals surface area contributed by atoms with E-state index in [9.17, 15) is 0 Å². The maximum atomic E-state index is 5.84. The largest absolute Gasteiger partial charge is 0.494 e. The number of nitrogens with one attached hydrogen (secondary N) is 1. The molecule has 0 saturated heterocycles. The zero-order valence-electron chi connectivity index (χ0n) is 19.1. The van der Waals surface area contributed by atoms with Gasteiger partial charge in [-0.1, -0.05) is 35.5 Å². The molecule has 2 aromatic carbocycles. The van der Waals surface area contributed by atoms with E-state index in [1.54, 1.807) is 11.3 Å². The van der Waals surface area contributed by atoms with E-state index in [0.717, 1.165) is 38.7 Å². The number of allylic oxidation sites excluding steroid dienone is 1. The highest BCUT2D eigenvalue weighted by molar-refractivity contribution is 7.80. The van der Waals surface area contributed by atoms with Crippen molar-refractivity contribution < 1.29 is 9.26 Å². The Kier molecular flexibility index (Phi) is 6.17. The molecule has 0 radical (unpaired) electrons. The van der Waals surface area contributed by atoms with Gasteiger partial charge in [-0.05, 0) is 79.8 Å². The Morgan fingerprint density at radius 3 is 2.65 bits per heavy atom. The van der Waals surface area contributed by atoms with Crippen LogP contribution < -0.4 is 15.0 Å². The topological polar surface area (TPSA) is 63.4 Å². The molecule has 0 fully saturated rings. The second-order valence-electron chi connectivity index (χ2n) is 7.96. The van der Waals surface area contributed by atoms with Crippen LogP contribution in [0.15, 0.2) is 76.3 Å². The number of nitrogens with zero attached hydrogens (tertiary/aromatic N) is 3. The van der Waals surface area contributed by atoms with Crippen molar-refractivity contribution in [3.05, 3.63) is 88.8 Å². The van der Waals surface area contributed by atoms with Crippen molar-refractivity contribution in [3.63, 3.8) is 0 Å². The van der Waals surface area contributed by atoms with Crippen molar-refractivity contribution in [1.82, 2.24) is 15.5 Å². The third-order valence-corrected chi connectivity index (χ3v) is 6.83. The first kappa shape index (κ1) is 22.3. The number of anilines is 1. The molecule has 3 heterocycles. The van der Waals surface area contributed by atoms with Crippen LogP contribution in [0.4, 0.5) is 5.69 Å². The van der Waals surface area contributed by atoms with Crippen LogP contribution in [-0.4, -0.2) is 21.9 Å². The molecule has 1 atom stereocenters. The summed E-state index contributed by atoms with van der Waals surface area (Å²) in [5, 5.41) is 10.4. The molecule has 4 aromatic rings. The molecule has 172 valence electrons. The van der Waals surface area contributed by atoms with Crippen LogP contribution in [0.1, 0.15) is 36.9 Å². The summed E-state index contributed by atoms with van der Waals surface area (Å²) in [7, 11) is 0. The number of hydrogen-bond donors (Lipinski definition) is 1. The second kappa shape index (κ2) is 9.40. The van der Waals surface area contributed by atoms with Crippen LogP contribution in [0.3, 0.4) is 0 Å². The van der Waals surface area contributed by atoms with Gasteiger partial charge < -0.3 is 14.6 Å². The molecule has 6 nitrogen and oxygen atoms in total. The van der Waals surface area contributed by atoms with Gasteiger partial charge in [0.05, 0.1) is 23.1 Å². The van der Waals surface area contributed by atoms with Gasteiger partial charge in [-0.15, -0.1) is 11.3 Å². The van der Waals surface area contributed by atoms with Crippen LogP contribution in [0.25, 0.3) is 16.3 Å². The van der Waals surface area contributed by atoms with Gasteiger partial charge in [-0.25, -0.2) is 0 Å². The minimum atomic E-state index is -0.249. The average molecular weight is 489 g/mol. The summed E-state index contributed by atoms with van der Waals surface area (Å²) < 4.78 is 11.4. The Hall–Kier alpha value is -3.49. The van der Waals surface area contributed by atoms with E-state index in [2.05, 4.69) is 29.5 Å². The van der Waals surface area contributed by atoms with E-state index in [-0.39, 0.29) is 6.04 Å². The minimum Gasteiger partial charge on any atom is -0.494 e. The van der Waals surface area contributed by atoms with Gasteiger partial charge in [0, 0.05) is 11.4 Å². The van der Waals surface area contributed by atoms with Crippen molar-refractivity contribution in [2.24, 2.45) is 0 Å². The Morgan fingerprint density at radius 2 is 1.94 bits per heavy atom. The highest BCUT2D eigenvalue weighted by Gasteiger charge is 2.34. The summed E-state index contributed by atoms with van der Waals surface area (Å²) in [4.78, 5) is 7.74. The van der Waals surface area contributed by atoms with Crippen LogP contribution in [0.5, 0.6) is 5.75 Å².